The Bertz CT molecular complexity index is 1020. The number of piperidine rings is 1. The first-order valence-electron chi connectivity index (χ1n) is 13.0. The van der Waals surface area contributed by atoms with Crippen LogP contribution in [0.5, 0.6) is 5.75 Å². The van der Waals surface area contributed by atoms with Gasteiger partial charge in [0.15, 0.2) is 5.69 Å². The second kappa shape index (κ2) is 10.8. The van der Waals surface area contributed by atoms with Gasteiger partial charge in [-0.3, -0.25) is 9.59 Å². The van der Waals surface area contributed by atoms with Gasteiger partial charge in [-0.2, -0.15) is 0 Å². The second-order valence-electron chi connectivity index (χ2n) is 10.0. The summed E-state index contributed by atoms with van der Waals surface area (Å²) >= 11 is 0. The summed E-state index contributed by atoms with van der Waals surface area (Å²) in [6.45, 7) is 2.13. The minimum atomic E-state index is -0.0896. The molecule has 1 aliphatic carbocycles. The van der Waals surface area contributed by atoms with E-state index in [0.29, 0.717) is 50.8 Å². The van der Waals surface area contributed by atoms with Crippen molar-refractivity contribution in [2.24, 2.45) is 5.92 Å². The van der Waals surface area contributed by atoms with Crippen molar-refractivity contribution in [2.45, 2.75) is 76.7 Å². The molecule has 3 aliphatic rings. The van der Waals surface area contributed by atoms with Crippen LogP contribution in [0.2, 0.25) is 0 Å². The van der Waals surface area contributed by atoms with Crippen LogP contribution in [0.4, 0.5) is 0 Å². The van der Waals surface area contributed by atoms with E-state index in [-0.39, 0.29) is 23.8 Å². The van der Waals surface area contributed by atoms with E-state index in [0.717, 1.165) is 29.8 Å². The number of benzene rings is 1. The van der Waals surface area contributed by atoms with Crippen LogP contribution >= 0.6 is 0 Å². The lowest BCUT2D eigenvalue weighted by Crippen LogP contribution is -2.45. The Labute approximate surface area is 207 Å². The van der Waals surface area contributed by atoms with E-state index in [2.05, 4.69) is 10.3 Å². The average molecular weight is 481 g/mol. The molecule has 1 saturated heterocycles. The predicted octanol–water partition coefficient (Wildman–Crippen LogP) is 3.85. The zero-order valence-corrected chi connectivity index (χ0v) is 20.6. The molecular formula is C27H36N4O4. The van der Waals surface area contributed by atoms with E-state index in [1.165, 1.54) is 25.7 Å². The quantitative estimate of drug-likeness (QED) is 0.657. The van der Waals surface area contributed by atoms with Crippen molar-refractivity contribution in [2.75, 3.05) is 20.2 Å². The second-order valence-corrected chi connectivity index (χ2v) is 10.0. The summed E-state index contributed by atoms with van der Waals surface area (Å²) in [5.41, 5.74) is 2.37. The van der Waals surface area contributed by atoms with Crippen LogP contribution < -0.4 is 10.1 Å². The Balaban J connectivity index is 1.15. The number of nitrogens with zero attached hydrogens (tertiary/aromatic N) is 3. The Hall–Kier alpha value is -2.87. The molecule has 5 rings (SSSR count). The molecule has 1 saturated carbocycles. The molecule has 1 atom stereocenters. The topological polar surface area (TPSA) is 85.7 Å². The van der Waals surface area contributed by atoms with Gasteiger partial charge in [-0.15, -0.1) is 0 Å². The number of aromatic nitrogens is 2. The summed E-state index contributed by atoms with van der Waals surface area (Å²) in [6.07, 6.45) is 10.2. The van der Waals surface area contributed by atoms with Crippen LogP contribution in [-0.2, 0) is 22.7 Å². The highest BCUT2D eigenvalue weighted by molar-refractivity contribution is 5.93. The third-order valence-electron chi connectivity index (χ3n) is 7.77. The summed E-state index contributed by atoms with van der Waals surface area (Å²) in [5, 5.41) is 3.28. The lowest BCUT2D eigenvalue weighted by atomic mass is 9.94. The number of likely N-dealkylation sites (tertiary alicyclic amines) is 1. The summed E-state index contributed by atoms with van der Waals surface area (Å²) in [5.74, 6) is 0.910. The standard InChI is InChI=1S/C27H36N4O4/c1-34-22-10-8-19(9-11-22)24-16-31-18-28-25(23(31)17-35-24)27(33)30-14-12-20(13-15-30)26(32)29-21-6-4-2-3-5-7-21/h8-11,18,20-21,24H,2-7,12-17H2,1H3,(H,29,32)/t24-/m1/s1. The lowest BCUT2D eigenvalue weighted by molar-refractivity contribution is -0.127. The Morgan fingerprint density at radius 3 is 2.43 bits per heavy atom. The zero-order valence-electron chi connectivity index (χ0n) is 20.6. The molecular weight excluding hydrogens is 444 g/mol. The molecule has 0 bridgehead atoms. The van der Waals surface area contributed by atoms with Crippen molar-refractivity contribution in [3.05, 3.63) is 47.5 Å². The van der Waals surface area contributed by atoms with Gasteiger partial charge < -0.3 is 24.3 Å². The average Bonchev–Trinajstić information content (AvgIpc) is 3.16. The van der Waals surface area contributed by atoms with Crippen LogP contribution in [0.3, 0.4) is 0 Å². The lowest BCUT2D eigenvalue weighted by Gasteiger charge is -2.32. The molecule has 0 spiro atoms. The fraction of sp³-hybridized carbons (Fsp3) is 0.593. The molecule has 1 aromatic heterocycles. The number of carbonyl (C=O) groups excluding carboxylic acids is 2. The minimum Gasteiger partial charge on any atom is -0.497 e. The van der Waals surface area contributed by atoms with Gasteiger partial charge in [0.2, 0.25) is 5.91 Å². The summed E-state index contributed by atoms with van der Waals surface area (Å²) in [7, 11) is 1.65. The van der Waals surface area contributed by atoms with Gasteiger partial charge in [0.1, 0.15) is 11.9 Å². The van der Waals surface area contributed by atoms with Gasteiger partial charge in [-0.1, -0.05) is 37.8 Å². The van der Waals surface area contributed by atoms with Gasteiger partial charge >= 0.3 is 0 Å². The van der Waals surface area contributed by atoms with Crippen LogP contribution in [0.1, 0.15) is 79.2 Å². The number of nitrogens with one attached hydrogen (secondary N) is 1. The normalized spacial score (nSPS) is 21.7. The SMILES string of the molecule is COc1ccc([C@H]2Cn3cnc(C(=O)N4CCC(C(=O)NC5CCCCCC5)CC4)c3CO2)cc1. The Kier molecular flexibility index (Phi) is 7.37. The van der Waals surface area contributed by atoms with Crippen LogP contribution in [0.15, 0.2) is 30.6 Å². The van der Waals surface area contributed by atoms with Crippen molar-refractivity contribution >= 4 is 11.8 Å². The number of methoxy groups -OCH3 is 1. The fourth-order valence-corrected chi connectivity index (χ4v) is 5.56. The molecule has 0 unspecified atom stereocenters. The number of hydrogen-bond acceptors (Lipinski definition) is 5. The molecule has 2 aliphatic heterocycles. The van der Waals surface area contributed by atoms with Crippen molar-refractivity contribution in [3.8, 4) is 5.75 Å². The molecule has 2 aromatic rings. The monoisotopic (exact) mass is 480 g/mol. The number of imidazole rings is 1. The minimum absolute atomic E-state index is 0.00759. The van der Waals surface area contributed by atoms with Crippen LogP contribution in [0, 0.1) is 5.92 Å². The molecule has 35 heavy (non-hydrogen) atoms. The van der Waals surface area contributed by atoms with Crippen molar-refractivity contribution < 1.29 is 19.1 Å². The van der Waals surface area contributed by atoms with E-state index < -0.39 is 0 Å². The fourth-order valence-electron chi connectivity index (χ4n) is 5.56. The highest BCUT2D eigenvalue weighted by Crippen LogP contribution is 2.30. The van der Waals surface area contributed by atoms with E-state index >= 15 is 0 Å². The maximum Gasteiger partial charge on any atom is 0.274 e. The maximum atomic E-state index is 13.3. The third-order valence-corrected chi connectivity index (χ3v) is 7.77. The van der Waals surface area contributed by atoms with E-state index in [1.54, 1.807) is 13.4 Å². The number of fused-ring (bicyclic) bond motifs is 1. The van der Waals surface area contributed by atoms with Crippen LogP contribution in [-0.4, -0.2) is 52.5 Å². The van der Waals surface area contributed by atoms with Crippen LogP contribution in [0.25, 0.3) is 0 Å². The van der Waals surface area contributed by atoms with Gasteiger partial charge in [-0.25, -0.2) is 4.98 Å². The van der Waals surface area contributed by atoms with Crippen molar-refractivity contribution in [1.29, 1.82) is 0 Å². The zero-order chi connectivity index (χ0) is 24.2. The van der Waals surface area contributed by atoms with E-state index in [1.807, 2.05) is 33.7 Å². The number of rotatable bonds is 5. The molecule has 3 heterocycles. The molecule has 2 fully saturated rings. The van der Waals surface area contributed by atoms with Gasteiger partial charge in [-0.05, 0) is 43.4 Å². The predicted molar refractivity (Wildman–Crippen MR) is 131 cm³/mol. The molecule has 2 amide bonds. The first-order chi connectivity index (χ1) is 17.1. The summed E-state index contributed by atoms with van der Waals surface area (Å²) in [4.78, 5) is 32.4. The largest absolute Gasteiger partial charge is 0.497 e. The molecule has 8 nitrogen and oxygen atoms in total. The molecule has 1 N–H and O–H groups in total. The third kappa shape index (κ3) is 5.37. The number of carbonyl (C=O) groups is 2. The summed E-state index contributed by atoms with van der Waals surface area (Å²) < 4.78 is 13.4. The first kappa shape index (κ1) is 23.9. The number of amides is 2. The highest BCUT2D eigenvalue weighted by atomic mass is 16.5. The Morgan fingerprint density at radius 1 is 1.03 bits per heavy atom. The molecule has 1 aromatic carbocycles. The van der Waals surface area contributed by atoms with E-state index in [4.69, 9.17) is 9.47 Å². The molecule has 8 heteroatoms. The van der Waals surface area contributed by atoms with E-state index in [9.17, 15) is 9.59 Å². The smallest absolute Gasteiger partial charge is 0.274 e. The summed E-state index contributed by atoms with van der Waals surface area (Å²) in [6, 6.07) is 8.19. The van der Waals surface area contributed by atoms with Gasteiger partial charge in [0.25, 0.3) is 5.91 Å². The Morgan fingerprint density at radius 2 is 1.74 bits per heavy atom. The van der Waals surface area contributed by atoms with Gasteiger partial charge in [0.05, 0.1) is 32.3 Å². The molecule has 188 valence electrons. The van der Waals surface area contributed by atoms with Gasteiger partial charge in [0, 0.05) is 25.0 Å². The highest BCUT2D eigenvalue weighted by Gasteiger charge is 2.32. The first-order valence-corrected chi connectivity index (χ1v) is 13.0. The van der Waals surface area contributed by atoms with Crippen molar-refractivity contribution in [3.63, 3.8) is 0 Å². The number of ether oxygens (including phenoxy) is 2. The maximum absolute atomic E-state index is 13.3. The molecule has 0 radical (unpaired) electrons. The number of hydrogen-bond donors (Lipinski definition) is 1. The van der Waals surface area contributed by atoms with Crippen molar-refractivity contribution in [1.82, 2.24) is 19.8 Å².